The molecule has 0 saturated heterocycles. The van der Waals surface area contributed by atoms with Crippen LogP contribution in [0.2, 0.25) is 5.02 Å². The van der Waals surface area contributed by atoms with E-state index in [1.165, 1.54) is 24.3 Å². The highest BCUT2D eigenvalue weighted by molar-refractivity contribution is 6.30. The van der Waals surface area contributed by atoms with Crippen LogP contribution < -0.4 is 5.73 Å². The molecule has 2 rings (SSSR count). The number of nitrogen functional groups attached to an aromatic ring is 1. The maximum absolute atomic E-state index is 13.7. The van der Waals surface area contributed by atoms with E-state index >= 15 is 0 Å². The second-order valence-electron chi connectivity index (χ2n) is 3.49. The summed E-state index contributed by atoms with van der Waals surface area (Å²) in [4.78, 5) is 14.0. The molecule has 0 atom stereocenters. The maximum atomic E-state index is 13.7. The number of halogens is 2. The van der Waals surface area contributed by atoms with Gasteiger partial charge in [0, 0.05) is 16.7 Å². The van der Waals surface area contributed by atoms with Crippen molar-refractivity contribution in [1.29, 1.82) is 0 Å². The largest absolute Gasteiger partial charge is 0.384 e. The van der Waals surface area contributed by atoms with Crippen molar-refractivity contribution in [2.24, 2.45) is 0 Å². The number of pyridine rings is 1. The standard InChI is InChI=1S/C11H7ClFN3O2/c12-6-1-2-7(8(13)5-6)11-9(16(17)18)3-4-10(14)15-11/h1-5H,(H2,14,15). The Morgan fingerprint density at radius 2 is 2.06 bits per heavy atom. The third kappa shape index (κ3) is 2.23. The molecule has 0 saturated carbocycles. The zero-order valence-corrected chi connectivity index (χ0v) is 9.69. The quantitative estimate of drug-likeness (QED) is 0.670. The average Bonchev–Trinajstić information content (AvgIpc) is 2.28. The number of anilines is 1. The van der Waals surface area contributed by atoms with Gasteiger partial charge in [0.25, 0.3) is 5.69 Å². The van der Waals surface area contributed by atoms with Crippen molar-refractivity contribution in [3.63, 3.8) is 0 Å². The van der Waals surface area contributed by atoms with Crippen LogP contribution in [-0.4, -0.2) is 9.91 Å². The second kappa shape index (κ2) is 4.58. The van der Waals surface area contributed by atoms with E-state index in [4.69, 9.17) is 17.3 Å². The summed E-state index contributed by atoms with van der Waals surface area (Å²) < 4.78 is 13.7. The minimum atomic E-state index is -0.691. The van der Waals surface area contributed by atoms with Gasteiger partial charge in [0.05, 0.1) is 4.92 Å². The van der Waals surface area contributed by atoms with Gasteiger partial charge in [-0.15, -0.1) is 0 Å². The monoisotopic (exact) mass is 267 g/mol. The minimum Gasteiger partial charge on any atom is -0.384 e. The van der Waals surface area contributed by atoms with Gasteiger partial charge < -0.3 is 5.73 Å². The first-order chi connectivity index (χ1) is 8.49. The van der Waals surface area contributed by atoms with Crippen LogP contribution in [0.1, 0.15) is 0 Å². The first-order valence-corrected chi connectivity index (χ1v) is 5.23. The van der Waals surface area contributed by atoms with Gasteiger partial charge in [0.15, 0.2) is 5.69 Å². The summed E-state index contributed by atoms with van der Waals surface area (Å²) in [5, 5.41) is 11.1. The van der Waals surface area contributed by atoms with Gasteiger partial charge in [0.2, 0.25) is 0 Å². The number of hydrogen-bond donors (Lipinski definition) is 1. The van der Waals surface area contributed by atoms with Crippen molar-refractivity contribution in [2.45, 2.75) is 0 Å². The number of rotatable bonds is 2. The lowest BCUT2D eigenvalue weighted by Crippen LogP contribution is -1.99. The van der Waals surface area contributed by atoms with Gasteiger partial charge in [-0.05, 0) is 24.3 Å². The van der Waals surface area contributed by atoms with Crippen molar-refractivity contribution in [1.82, 2.24) is 4.98 Å². The van der Waals surface area contributed by atoms with Crippen molar-refractivity contribution >= 4 is 23.1 Å². The Kier molecular flexibility index (Phi) is 3.12. The number of nitrogens with zero attached hydrogens (tertiary/aromatic N) is 2. The minimum absolute atomic E-state index is 0.0154. The summed E-state index contributed by atoms with van der Waals surface area (Å²) in [5.74, 6) is -0.617. The molecule has 92 valence electrons. The van der Waals surface area contributed by atoms with Gasteiger partial charge >= 0.3 is 0 Å². The Morgan fingerprint density at radius 3 is 2.67 bits per heavy atom. The molecule has 0 spiro atoms. The molecule has 0 radical (unpaired) electrons. The lowest BCUT2D eigenvalue weighted by Gasteiger charge is -2.05. The molecular formula is C11H7ClFN3O2. The van der Waals surface area contributed by atoms with Crippen LogP contribution in [0, 0.1) is 15.9 Å². The van der Waals surface area contributed by atoms with Gasteiger partial charge in [0.1, 0.15) is 11.6 Å². The molecule has 0 fully saturated rings. The van der Waals surface area contributed by atoms with E-state index in [1.54, 1.807) is 0 Å². The Morgan fingerprint density at radius 1 is 1.33 bits per heavy atom. The van der Waals surface area contributed by atoms with E-state index in [0.29, 0.717) is 0 Å². The molecule has 5 nitrogen and oxygen atoms in total. The molecule has 0 aliphatic carbocycles. The van der Waals surface area contributed by atoms with E-state index in [-0.39, 0.29) is 27.8 Å². The zero-order chi connectivity index (χ0) is 13.3. The van der Waals surface area contributed by atoms with Crippen LogP contribution in [0.4, 0.5) is 15.9 Å². The zero-order valence-electron chi connectivity index (χ0n) is 8.93. The molecule has 0 aliphatic heterocycles. The van der Waals surface area contributed by atoms with Crippen LogP contribution in [0.25, 0.3) is 11.3 Å². The number of aromatic nitrogens is 1. The molecule has 0 aliphatic rings. The highest BCUT2D eigenvalue weighted by atomic mass is 35.5. The second-order valence-corrected chi connectivity index (χ2v) is 3.92. The predicted octanol–water partition coefficient (Wildman–Crippen LogP) is 3.03. The molecule has 0 amide bonds. The Labute approximate surface area is 106 Å². The SMILES string of the molecule is Nc1ccc([N+](=O)[O-])c(-c2ccc(Cl)cc2F)n1. The van der Waals surface area contributed by atoms with Crippen LogP contribution in [0.3, 0.4) is 0 Å². The number of hydrogen-bond acceptors (Lipinski definition) is 4. The highest BCUT2D eigenvalue weighted by Crippen LogP contribution is 2.31. The van der Waals surface area contributed by atoms with Gasteiger partial charge in [-0.2, -0.15) is 0 Å². The first-order valence-electron chi connectivity index (χ1n) is 4.85. The first kappa shape index (κ1) is 12.3. The fourth-order valence-corrected chi connectivity index (χ4v) is 1.65. The van der Waals surface area contributed by atoms with E-state index in [2.05, 4.69) is 4.98 Å². The summed E-state index contributed by atoms with van der Waals surface area (Å²) in [6.45, 7) is 0. The molecule has 0 unspecified atom stereocenters. The molecule has 1 heterocycles. The number of benzene rings is 1. The van der Waals surface area contributed by atoms with E-state index in [1.807, 2.05) is 0 Å². The van der Waals surface area contributed by atoms with E-state index in [9.17, 15) is 14.5 Å². The Hall–Kier alpha value is -2.21. The fraction of sp³-hybridized carbons (Fsp3) is 0. The molecule has 2 aromatic rings. The fourth-order valence-electron chi connectivity index (χ4n) is 1.49. The maximum Gasteiger partial charge on any atom is 0.295 e. The topological polar surface area (TPSA) is 82.0 Å². The van der Waals surface area contributed by atoms with Crippen LogP contribution in [0.15, 0.2) is 30.3 Å². The highest BCUT2D eigenvalue weighted by Gasteiger charge is 2.20. The summed E-state index contributed by atoms with van der Waals surface area (Å²) in [5.41, 5.74) is 5.02. The summed E-state index contributed by atoms with van der Waals surface area (Å²) in [6, 6.07) is 6.29. The molecule has 0 bridgehead atoms. The molecule has 7 heteroatoms. The van der Waals surface area contributed by atoms with Crippen LogP contribution in [0.5, 0.6) is 0 Å². The van der Waals surface area contributed by atoms with Crippen molar-refractivity contribution < 1.29 is 9.31 Å². The molecule has 1 aromatic carbocycles. The van der Waals surface area contributed by atoms with Crippen molar-refractivity contribution in [3.8, 4) is 11.3 Å². The van der Waals surface area contributed by atoms with Gasteiger partial charge in [-0.25, -0.2) is 9.37 Å². The molecule has 1 aromatic heterocycles. The average molecular weight is 268 g/mol. The normalized spacial score (nSPS) is 10.3. The molecule has 2 N–H and O–H groups in total. The lowest BCUT2D eigenvalue weighted by atomic mass is 10.1. The lowest BCUT2D eigenvalue weighted by molar-refractivity contribution is -0.384. The number of nitrogens with two attached hydrogens (primary N) is 1. The van der Waals surface area contributed by atoms with E-state index < -0.39 is 10.7 Å². The number of nitro groups is 1. The molecular weight excluding hydrogens is 261 g/mol. The predicted molar refractivity (Wildman–Crippen MR) is 65.7 cm³/mol. The third-order valence-electron chi connectivity index (χ3n) is 2.28. The molecule has 18 heavy (non-hydrogen) atoms. The van der Waals surface area contributed by atoms with E-state index in [0.717, 1.165) is 6.07 Å². The summed E-state index contributed by atoms with van der Waals surface area (Å²) in [7, 11) is 0. The van der Waals surface area contributed by atoms with Gasteiger partial charge in [-0.3, -0.25) is 10.1 Å². The van der Waals surface area contributed by atoms with Crippen molar-refractivity contribution in [3.05, 3.63) is 51.3 Å². The van der Waals surface area contributed by atoms with Crippen LogP contribution in [-0.2, 0) is 0 Å². The Bertz CT molecular complexity index is 634. The summed E-state index contributed by atoms with van der Waals surface area (Å²) >= 11 is 5.62. The summed E-state index contributed by atoms with van der Waals surface area (Å²) in [6.07, 6.45) is 0. The van der Waals surface area contributed by atoms with Gasteiger partial charge in [-0.1, -0.05) is 11.6 Å². The van der Waals surface area contributed by atoms with Crippen LogP contribution >= 0.6 is 11.6 Å². The smallest absolute Gasteiger partial charge is 0.295 e. The van der Waals surface area contributed by atoms with Crippen molar-refractivity contribution in [2.75, 3.05) is 5.73 Å². The Balaban J connectivity index is 2.69. The third-order valence-corrected chi connectivity index (χ3v) is 2.51.